The zero-order chi connectivity index (χ0) is 22.5. The van der Waals surface area contributed by atoms with Crippen LogP contribution in [-0.4, -0.2) is 50.0 Å². The molecule has 3 aromatic carbocycles. The van der Waals surface area contributed by atoms with Crippen molar-refractivity contribution in [2.45, 2.75) is 0 Å². The number of anilines is 4. The minimum Gasteiger partial charge on any atom is -0.495 e. The van der Waals surface area contributed by atoms with E-state index < -0.39 is 11.8 Å². The molecule has 0 spiro atoms. The number of rotatable bonds is 4. The predicted octanol–water partition coefficient (Wildman–Crippen LogP) is 3.29. The molecule has 1 aliphatic heterocycles. The first kappa shape index (κ1) is 21.2. The molecule has 7 heteroatoms. The highest BCUT2D eigenvalue weighted by atomic mass is 16.5. The molecule has 2 N–H and O–H groups in total. The normalized spacial score (nSPS) is 13.5. The Labute approximate surface area is 187 Å². The fraction of sp³-hybridized carbons (Fsp3) is 0.200. The topological polar surface area (TPSA) is 79.1 Å². The van der Waals surface area contributed by atoms with Gasteiger partial charge in [-0.3, -0.25) is 14.5 Å². The van der Waals surface area contributed by atoms with Crippen LogP contribution in [0.5, 0.6) is 5.75 Å². The van der Waals surface area contributed by atoms with Crippen molar-refractivity contribution >= 4 is 34.6 Å². The molecular formula is C25H26N4O3. The Bertz CT molecular complexity index is 1080. The van der Waals surface area contributed by atoms with Crippen molar-refractivity contribution in [3.63, 3.8) is 0 Å². The molecule has 7 nitrogen and oxygen atoms in total. The van der Waals surface area contributed by atoms with Crippen molar-refractivity contribution in [2.75, 3.05) is 48.8 Å². The number of methoxy groups -OCH3 is 1. The van der Waals surface area contributed by atoms with E-state index in [-0.39, 0.29) is 0 Å². The lowest BCUT2D eigenvalue weighted by Gasteiger charge is -2.37. The van der Waals surface area contributed by atoms with Gasteiger partial charge in [-0.2, -0.15) is 0 Å². The van der Waals surface area contributed by atoms with Gasteiger partial charge >= 0.3 is 11.8 Å². The van der Waals surface area contributed by atoms with Crippen molar-refractivity contribution in [3.8, 4) is 5.75 Å². The Morgan fingerprint density at radius 1 is 0.812 bits per heavy atom. The Morgan fingerprint density at radius 2 is 1.41 bits per heavy atom. The van der Waals surface area contributed by atoms with Gasteiger partial charge in [-0.05, 0) is 48.5 Å². The molecule has 3 aromatic rings. The molecule has 1 fully saturated rings. The van der Waals surface area contributed by atoms with Crippen LogP contribution >= 0.6 is 0 Å². The van der Waals surface area contributed by atoms with E-state index in [4.69, 9.17) is 10.5 Å². The highest BCUT2D eigenvalue weighted by Crippen LogP contribution is 2.29. The van der Waals surface area contributed by atoms with Crippen LogP contribution in [0.15, 0.2) is 78.9 Å². The second-order valence-electron chi connectivity index (χ2n) is 7.52. The summed E-state index contributed by atoms with van der Waals surface area (Å²) in [4.78, 5) is 31.8. The number of nitrogen functional groups attached to an aromatic ring is 1. The number of amides is 2. The summed E-state index contributed by atoms with van der Waals surface area (Å²) in [5, 5.41) is 0. The van der Waals surface area contributed by atoms with Gasteiger partial charge in [-0.15, -0.1) is 0 Å². The number of nitrogens with two attached hydrogens (primary N) is 1. The van der Waals surface area contributed by atoms with Crippen LogP contribution in [0.2, 0.25) is 0 Å². The summed E-state index contributed by atoms with van der Waals surface area (Å²) in [6, 6.07) is 23.9. The van der Waals surface area contributed by atoms with E-state index in [0.717, 1.165) is 11.4 Å². The van der Waals surface area contributed by atoms with E-state index in [1.54, 1.807) is 48.4 Å². The molecule has 0 radical (unpaired) electrons. The molecule has 0 aromatic heterocycles. The molecule has 164 valence electrons. The molecule has 1 saturated heterocycles. The summed E-state index contributed by atoms with van der Waals surface area (Å²) in [5.74, 6) is -0.320. The molecule has 0 saturated carbocycles. The quantitative estimate of drug-likeness (QED) is 0.508. The highest BCUT2D eigenvalue weighted by molar-refractivity contribution is 6.42. The van der Waals surface area contributed by atoms with Crippen LogP contribution in [0.25, 0.3) is 0 Å². The maximum Gasteiger partial charge on any atom is 0.321 e. The van der Waals surface area contributed by atoms with Crippen LogP contribution in [0.3, 0.4) is 0 Å². The molecule has 0 bridgehead atoms. The van der Waals surface area contributed by atoms with Crippen LogP contribution < -0.4 is 20.3 Å². The smallest absolute Gasteiger partial charge is 0.321 e. The average Bonchev–Trinajstić information content (AvgIpc) is 2.85. The monoisotopic (exact) mass is 430 g/mol. The Hall–Kier alpha value is -4.00. The van der Waals surface area contributed by atoms with Gasteiger partial charge in [0.1, 0.15) is 5.75 Å². The molecule has 2 amide bonds. The number of hydrogen-bond donors (Lipinski definition) is 1. The number of para-hydroxylation sites is 3. The van der Waals surface area contributed by atoms with Crippen molar-refractivity contribution in [1.29, 1.82) is 0 Å². The number of carbonyl (C=O) groups is 2. The molecule has 4 rings (SSSR count). The molecule has 0 atom stereocenters. The van der Waals surface area contributed by atoms with Crippen molar-refractivity contribution < 1.29 is 14.3 Å². The summed E-state index contributed by atoms with van der Waals surface area (Å²) in [6.07, 6.45) is 0. The number of carbonyl (C=O) groups excluding carboxylic acids is 2. The van der Waals surface area contributed by atoms with Gasteiger partial charge in [0.15, 0.2) is 0 Å². The second kappa shape index (κ2) is 9.43. The summed E-state index contributed by atoms with van der Waals surface area (Å²) in [7, 11) is 1.65. The Balaban J connectivity index is 1.51. The van der Waals surface area contributed by atoms with Crippen molar-refractivity contribution in [3.05, 3.63) is 78.9 Å². The fourth-order valence-electron chi connectivity index (χ4n) is 3.86. The fourth-order valence-corrected chi connectivity index (χ4v) is 3.86. The first-order valence-electron chi connectivity index (χ1n) is 10.5. The second-order valence-corrected chi connectivity index (χ2v) is 7.52. The van der Waals surface area contributed by atoms with Crippen molar-refractivity contribution in [2.24, 2.45) is 0 Å². The van der Waals surface area contributed by atoms with Gasteiger partial charge in [-0.1, -0.05) is 30.3 Å². The van der Waals surface area contributed by atoms with Crippen LogP contribution in [0.1, 0.15) is 0 Å². The number of hydrogen-bond acceptors (Lipinski definition) is 5. The van der Waals surface area contributed by atoms with Crippen molar-refractivity contribution in [1.82, 2.24) is 4.90 Å². The molecule has 0 unspecified atom stereocenters. The first-order valence-corrected chi connectivity index (χ1v) is 10.5. The van der Waals surface area contributed by atoms with Gasteiger partial charge in [0.2, 0.25) is 0 Å². The number of benzene rings is 3. The SMILES string of the molecule is COc1ccccc1N1CCN(C(=O)C(=O)N(c2ccccc2)c2ccc(N)cc2)CC1. The van der Waals surface area contributed by atoms with E-state index in [1.807, 2.05) is 42.5 Å². The standard InChI is InChI=1S/C25H26N4O3/c1-32-23-10-6-5-9-22(23)27-15-17-28(18-16-27)24(30)25(31)29(20-7-3-2-4-8-20)21-13-11-19(26)12-14-21/h2-14H,15-18,26H2,1H3. The largest absolute Gasteiger partial charge is 0.495 e. The number of nitrogens with zero attached hydrogens (tertiary/aromatic N) is 3. The molecule has 1 heterocycles. The van der Waals surface area contributed by atoms with E-state index >= 15 is 0 Å². The van der Waals surface area contributed by atoms with E-state index in [9.17, 15) is 9.59 Å². The van der Waals surface area contributed by atoms with Crippen LogP contribution in [-0.2, 0) is 9.59 Å². The molecule has 0 aliphatic carbocycles. The summed E-state index contributed by atoms with van der Waals surface area (Å²) in [6.45, 7) is 2.14. The summed E-state index contributed by atoms with van der Waals surface area (Å²) in [5.41, 5.74) is 8.61. The zero-order valence-electron chi connectivity index (χ0n) is 18.0. The minimum absolute atomic E-state index is 0.451. The third kappa shape index (κ3) is 4.37. The Morgan fingerprint density at radius 3 is 2.06 bits per heavy atom. The van der Waals surface area contributed by atoms with Gasteiger partial charge in [0.05, 0.1) is 12.8 Å². The minimum atomic E-state index is -0.591. The summed E-state index contributed by atoms with van der Waals surface area (Å²) < 4.78 is 5.46. The van der Waals surface area contributed by atoms with Gasteiger partial charge in [0.25, 0.3) is 0 Å². The lowest BCUT2D eigenvalue weighted by Crippen LogP contribution is -2.53. The highest BCUT2D eigenvalue weighted by Gasteiger charge is 2.31. The van der Waals surface area contributed by atoms with Crippen LogP contribution in [0, 0.1) is 0 Å². The predicted molar refractivity (Wildman–Crippen MR) is 126 cm³/mol. The average molecular weight is 431 g/mol. The summed E-state index contributed by atoms with van der Waals surface area (Å²) >= 11 is 0. The van der Waals surface area contributed by atoms with Gasteiger partial charge in [0, 0.05) is 43.2 Å². The Kier molecular flexibility index (Phi) is 6.26. The molecular weight excluding hydrogens is 404 g/mol. The lowest BCUT2D eigenvalue weighted by atomic mass is 10.2. The third-order valence-corrected chi connectivity index (χ3v) is 5.54. The third-order valence-electron chi connectivity index (χ3n) is 5.54. The number of piperazine rings is 1. The lowest BCUT2D eigenvalue weighted by molar-refractivity contribution is -0.144. The molecule has 1 aliphatic rings. The van der Waals surface area contributed by atoms with E-state index in [0.29, 0.717) is 43.2 Å². The maximum absolute atomic E-state index is 13.4. The van der Waals surface area contributed by atoms with Crippen LogP contribution in [0.4, 0.5) is 22.7 Å². The van der Waals surface area contributed by atoms with Gasteiger partial charge < -0.3 is 20.3 Å². The zero-order valence-corrected chi connectivity index (χ0v) is 18.0. The molecule has 32 heavy (non-hydrogen) atoms. The van der Waals surface area contributed by atoms with E-state index in [1.165, 1.54) is 4.90 Å². The maximum atomic E-state index is 13.4. The number of ether oxygens (including phenoxy) is 1. The van der Waals surface area contributed by atoms with E-state index in [2.05, 4.69) is 4.90 Å². The first-order chi connectivity index (χ1) is 15.6. The van der Waals surface area contributed by atoms with Gasteiger partial charge in [-0.25, -0.2) is 0 Å².